The molecule has 2 aromatic rings. The van der Waals surface area contributed by atoms with Gasteiger partial charge in [-0.2, -0.15) is 5.26 Å². The molecule has 0 aliphatic carbocycles. The van der Waals surface area contributed by atoms with Crippen molar-refractivity contribution in [2.45, 2.75) is 18.9 Å². The molecule has 2 aliphatic rings. The lowest BCUT2D eigenvalue weighted by Gasteiger charge is -2.39. The molecule has 2 fully saturated rings. The number of carbonyl (C=O) groups is 1. The first-order valence-corrected chi connectivity index (χ1v) is 9.77. The summed E-state index contributed by atoms with van der Waals surface area (Å²) in [4.78, 5) is 23.9. The van der Waals surface area contributed by atoms with Crippen LogP contribution in [0.3, 0.4) is 0 Å². The van der Waals surface area contributed by atoms with E-state index in [9.17, 15) is 10.1 Å². The van der Waals surface area contributed by atoms with Crippen LogP contribution in [0.4, 0.5) is 11.5 Å². The highest BCUT2D eigenvalue weighted by Gasteiger charge is 2.41. The van der Waals surface area contributed by atoms with Gasteiger partial charge in [-0.3, -0.25) is 4.79 Å². The Balaban J connectivity index is 1.57. The van der Waals surface area contributed by atoms with E-state index in [1.165, 1.54) is 0 Å². The van der Waals surface area contributed by atoms with E-state index < -0.39 is 0 Å². The van der Waals surface area contributed by atoms with Crippen LogP contribution in [0.5, 0.6) is 0 Å². The van der Waals surface area contributed by atoms with Crippen LogP contribution in [0, 0.1) is 17.2 Å². The van der Waals surface area contributed by atoms with Crippen LogP contribution in [0.25, 0.3) is 0 Å². The SMILES string of the molecule is CN(C)c1cccc(C(=O)N2CCC3CCN(c4ncccc4C#N)CC32)c1. The van der Waals surface area contributed by atoms with Crippen LogP contribution in [-0.2, 0) is 0 Å². The molecule has 2 aliphatic heterocycles. The van der Waals surface area contributed by atoms with E-state index >= 15 is 0 Å². The summed E-state index contributed by atoms with van der Waals surface area (Å²) < 4.78 is 0. The topological polar surface area (TPSA) is 63.5 Å². The van der Waals surface area contributed by atoms with Crippen molar-refractivity contribution in [3.05, 3.63) is 53.7 Å². The number of nitrogens with zero attached hydrogens (tertiary/aromatic N) is 5. The Morgan fingerprint density at radius 3 is 2.82 bits per heavy atom. The van der Waals surface area contributed by atoms with Crippen LogP contribution < -0.4 is 9.80 Å². The number of benzene rings is 1. The summed E-state index contributed by atoms with van der Waals surface area (Å²) in [7, 11) is 3.96. The average Bonchev–Trinajstić information content (AvgIpc) is 3.16. The number of amides is 1. The van der Waals surface area contributed by atoms with Crippen LogP contribution in [0.15, 0.2) is 42.6 Å². The number of carbonyl (C=O) groups excluding carboxylic acids is 1. The van der Waals surface area contributed by atoms with Crippen molar-refractivity contribution in [2.24, 2.45) is 5.92 Å². The van der Waals surface area contributed by atoms with E-state index in [0.29, 0.717) is 11.5 Å². The Kier molecular flexibility index (Phi) is 4.91. The second kappa shape index (κ2) is 7.51. The normalized spacial score (nSPS) is 21.2. The minimum absolute atomic E-state index is 0.0968. The van der Waals surface area contributed by atoms with Gasteiger partial charge in [-0.05, 0) is 49.1 Å². The van der Waals surface area contributed by atoms with Crippen molar-refractivity contribution < 1.29 is 4.79 Å². The first-order chi connectivity index (χ1) is 13.6. The Labute approximate surface area is 166 Å². The van der Waals surface area contributed by atoms with E-state index in [1.54, 1.807) is 18.3 Å². The molecular weight excluding hydrogens is 350 g/mol. The molecule has 0 N–H and O–H groups in total. The lowest BCUT2D eigenvalue weighted by molar-refractivity contribution is 0.0712. The van der Waals surface area contributed by atoms with Crippen molar-refractivity contribution in [2.75, 3.05) is 43.5 Å². The molecule has 6 heteroatoms. The zero-order valence-electron chi connectivity index (χ0n) is 16.4. The first kappa shape index (κ1) is 18.3. The van der Waals surface area contributed by atoms with Gasteiger partial charge in [-0.1, -0.05) is 6.07 Å². The van der Waals surface area contributed by atoms with E-state index in [-0.39, 0.29) is 11.9 Å². The highest BCUT2D eigenvalue weighted by Crippen LogP contribution is 2.35. The summed E-state index contributed by atoms with van der Waals surface area (Å²) in [6.07, 6.45) is 3.80. The zero-order valence-corrected chi connectivity index (χ0v) is 16.4. The molecule has 4 rings (SSSR count). The molecule has 144 valence electrons. The molecule has 0 spiro atoms. The van der Waals surface area contributed by atoms with Crippen LogP contribution in [-0.4, -0.2) is 55.6 Å². The molecule has 2 saturated heterocycles. The summed E-state index contributed by atoms with van der Waals surface area (Å²) in [6, 6.07) is 13.8. The maximum Gasteiger partial charge on any atom is 0.254 e. The highest BCUT2D eigenvalue weighted by atomic mass is 16.2. The molecule has 6 nitrogen and oxygen atoms in total. The van der Waals surface area contributed by atoms with Gasteiger partial charge in [0.15, 0.2) is 0 Å². The van der Waals surface area contributed by atoms with Crippen molar-refractivity contribution in [1.29, 1.82) is 5.26 Å². The number of anilines is 2. The Hall–Kier alpha value is -3.07. The molecule has 0 saturated carbocycles. The van der Waals surface area contributed by atoms with Gasteiger partial charge in [0.2, 0.25) is 0 Å². The van der Waals surface area contributed by atoms with E-state index in [2.05, 4.69) is 16.0 Å². The van der Waals surface area contributed by atoms with Crippen LogP contribution in [0.1, 0.15) is 28.8 Å². The number of nitriles is 1. The third-order valence-corrected chi connectivity index (χ3v) is 5.94. The molecule has 3 heterocycles. The van der Waals surface area contributed by atoms with Crippen LogP contribution >= 0.6 is 0 Å². The van der Waals surface area contributed by atoms with Crippen molar-refractivity contribution in [1.82, 2.24) is 9.88 Å². The fourth-order valence-electron chi connectivity index (χ4n) is 4.40. The second-order valence-electron chi connectivity index (χ2n) is 7.78. The minimum atomic E-state index is 0.0968. The molecule has 2 atom stereocenters. The minimum Gasteiger partial charge on any atom is -0.378 e. The number of fused-ring (bicyclic) bond motifs is 1. The number of hydrogen-bond acceptors (Lipinski definition) is 5. The predicted octanol–water partition coefficient (Wildman–Crippen LogP) is 2.76. The van der Waals surface area contributed by atoms with E-state index in [1.807, 2.05) is 48.2 Å². The zero-order chi connectivity index (χ0) is 19.7. The van der Waals surface area contributed by atoms with Crippen LogP contribution in [0.2, 0.25) is 0 Å². The van der Waals surface area contributed by atoms with Crippen molar-refractivity contribution in [3.8, 4) is 6.07 Å². The number of hydrogen-bond donors (Lipinski definition) is 0. The molecule has 1 aromatic carbocycles. The third-order valence-electron chi connectivity index (χ3n) is 5.94. The summed E-state index contributed by atoms with van der Waals surface area (Å²) >= 11 is 0. The first-order valence-electron chi connectivity index (χ1n) is 9.77. The van der Waals surface area contributed by atoms with Gasteiger partial charge < -0.3 is 14.7 Å². The fraction of sp³-hybridized carbons (Fsp3) is 0.409. The molecule has 0 bridgehead atoms. The van der Waals surface area contributed by atoms with E-state index in [0.717, 1.165) is 49.5 Å². The van der Waals surface area contributed by atoms with Crippen molar-refractivity contribution in [3.63, 3.8) is 0 Å². The largest absolute Gasteiger partial charge is 0.378 e. The number of likely N-dealkylation sites (tertiary alicyclic amines) is 1. The molecule has 1 aromatic heterocycles. The number of aromatic nitrogens is 1. The molecule has 0 radical (unpaired) electrons. The van der Waals surface area contributed by atoms with Crippen molar-refractivity contribution >= 4 is 17.4 Å². The smallest absolute Gasteiger partial charge is 0.254 e. The number of piperidine rings is 1. The summed E-state index contributed by atoms with van der Waals surface area (Å²) in [5.41, 5.74) is 2.36. The fourth-order valence-corrected chi connectivity index (χ4v) is 4.40. The highest BCUT2D eigenvalue weighted by molar-refractivity contribution is 5.95. The second-order valence-corrected chi connectivity index (χ2v) is 7.78. The van der Waals surface area contributed by atoms with E-state index in [4.69, 9.17) is 0 Å². The molecule has 2 unspecified atom stereocenters. The van der Waals surface area contributed by atoms with Gasteiger partial charge in [-0.15, -0.1) is 0 Å². The summed E-state index contributed by atoms with van der Waals surface area (Å²) in [5, 5.41) is 9.41. The molecule has 1 amide bonds. The predicted molar refractivity (Wildman–Crippen MR) is 109 cm³/mol. The number of rotatable bonds is 3. The summed E-state index contributed by atoms with van der Waals surface area (Å²) in [6.45, 7) is 2.40. The van der Waals surface area contributed by atoms with Gasteiger partial charge in [0.05, 0.1) is 11.6 Å². The van der Waals surface area contributed by atoms with Gasteiger partial charge in [0.1, 0.15) is 11.9 Å². The maximum absolute atomic E-state index is 13.3. The lowest BCUT2D eigenvalue weighted by Crippen LogP contribution is -2.50. The Bertz CT molecular complexity index is 919. The van der Waals surface area contributed by atoms with Gasteiger partial charge >= 0.3 is 0 Å². The quantitative estimate of drug-likeness (QED) is 0.825. The molecule has 28 heavy (non-hydrogen) atoms. The third kappa shape index (κ3) is 3.29. The van der Waals surface area contributed by atoms with Gasteiger partial charge in [0, 0.05) is 51.2 Å². The standard InChI is InChI=1S/C22H25N5O/c1-25(2)19-7-3-5-17(13-19)22(28)27-12-9-16-8-11-26(15-20(16)27)21-18(14-23)6-4-10-24-21/h3-7,10,13,16,20H,8-9,11-12,15H2,1-2H3. The Morgan fingerprint density at radius 2 is 2.04 bits per heavy atom. The number of pyridine rings is 1. The lowest BCUT2D eigenvalue weighted by atomic mass is 9.92. The van der Waals surface area contributed by atoms with Gasteiger partial charge in [-0.25, -0.2) is 4.98 Å². The maximum atomic E-state index is 13.3. The summed E-state index contributed by atoms with van der Waals surface area (Å²) in [5.74, 6) is 1.35. The molecular formula is C22H25N5O. The average molecular weight is 375 g/mol. The van der Waals surface area contributed by atoms with Gasteiger partial charge in [0.25, 0.3) is 5.91 Å². The monoisotopic (exact) mass is 375 g/mol. The Morgan fingerprint density at radius 1 is 1.21 bits per heavy atom.